The van der Waals surface area contributed by atoms with Crippen LogP contribution in [0.25, 0.3) is 0 Å². The molecule has 5 nitrogen and oxygen atoms in total. The lowest BCUT2D eigenvalue weighted by molar-refractivity contribution is -0.139. The first kappa shape index (κ1) is 19.1. The summed E-state index contributed by atoms with van der Waals surface area (Å²) in [7, 11) is 0. The second-order valence-corrected chi connectivity index (χ2v) is 6.50. The maximum absolute atomic E-state index is 11.7. The van der Waals surface area contributed by atoms with Crippen molar-refractivity contribution in [2.24, 2.45) is 5.92 Å². The van der Waals surface area contributed by atoms with Crippen molar-refractivity contribution in [1.82, 2.24) is 10.6 Å². The van der Waals surface area contributed by atoms with E-state index in [0.717, 1.165) is 19.3 Å². The van der Waals surface area contributed by atoms with Gasteiger partial charge in [-0.15, -0.1) is 0 Å². The van der Waals surface area contributed by atoms with Crippen molar-refractivity contribution < 1.29 is 14.7 Å². The van der Waals surface area contributed by atoms with Gasteiger partial charge < -0.3 is 15.7 Å². The Balaban J connectivity index is 4.01. The van der Waals surface area contributed by atoms with E-state index in [2.05, 4.69) is 24.5 Å². The highest BCUT2D eigenvalue weighted by Gasteiger charge is 2.19. The van der Waals surface area contributed by atoms with E-state index in [-0.39, 0.29) is 6.04 Å². The third kappa shape index (κ3) is 9.95. The van der Waals surface area contributed by atoms with Crippen molar-refractivity contribution in [3.8, 4) is 0 Å². The first-order valence-electron chi connectivity index (χ1n) is 7.15. The van der Waals surface area contributed by atoms with Crippen LogP contribution in [0.5, 0.6) is 0 Å². The van der Waals surface area contributed by atoms with Gasteiger partial charge in [-0.25, -0.2) is 9.59 Å². The molecule has 118 valence electrons. The molecule has 0 aromatic heterocycles. The summed E-state index contributed by atoms with van der Waals surface area (Å²) in [4.78, 5) is 22.8. The van der Waals surface area contributed by atoms with E-state index in [1.165, 1.54) is 0 Å². The Hall–Kier alpha value is -0.910. The van der Waals surface area contributed by atoms with Crippen LogP contribution in [0.3, 0.4) is 0 Å². The Kier molecular flexibility index (Phi) is 10.3. The van der Waals surface area contributed by atoms with Crippen molar-refractivity contribution in [2.75, 3.05) is 12.0 Å². The smallest absolute Gasteiger partial charge is 0.326 e. The van der Waals surface area contributed by atoms with Crippen LogP contribution in [0.1, 0.15) is 46.5 Å². The summed E-state index contributed by atoms with van der Waals surface area (Å²) in [6.45, 7) is 6.29. The van der Waals surface area contributed by atoms with Crippen molar-refractivity contribution >= 4 is 23.8 Å². The summed E-state index contributed by atoms with van der Waals surface area (Å²) in [5.41, 5.74) is 0. The quantitative estimate of drug-likeness (QED) is 0.580. The minimum absolute atomic E-state index is 0.0590. The number of carboxylic acid groups (broad SMARTS) is 1. The van der Waals surface area contributed by atoms with Crippen molar-refractivity contribution in [3.05, 3.63) is 0 Å². The molecule has 2 amide bonds. The number of amides is 2. The molecule has 3 N–H and O–H groups in total. The van der Waals surface area contributed by atoms with Gasteiger partial charge in [-0.1, -0.05) is 26.7 Å². The van der Waals surface area contributed by atoms with E-state index in [4.69, 9.17) is 5.11 Å². The lowest BCUT2D eigenvalue weighted by atomic mass is 10.0. The average Bonchev–Trinajstić information content (AvgIpc) is 2.33. The van der Waals surface area contributed by atoms with Crippen LogP contribution in [0.15, 0.2) is 0 Å². The molecule has 0 aromatic carbocycles. The first-order valence-corrected chi connectivity index (χ1v) is 8.55. The molecular formula is C14H28N2O3S. The molecular weight excluding hydrogens is 276 g/mol. The molecule has 0 aliphatic rings. The second-order valence-electron chi connectivity index (χ2n) is 5.52. The number of aliphatic carboxylic acids is 1. The average molecular weight is 304 g/mol. The van der Waals surface area contributed by atoms with Crippen LogP contribution in [0.2, 0.25) is 0 Å². The van der Waals surface area contributed by atoms with Gasteiger partial charge in [0.15, 0.2) is 0 Å². The topological polar surface area (TPSA) is 78.4 Å². The molecule has 0 heterocycles. The van der Waals surface area contributed by atoms with Crippen molar-refractivity contribution in [2.45, 2.75) is 58.5 Å². The zero-order valence-electron chi connectivity index (χ0n) is 12.9. The third-order valence-corrected chi connectivity index (χ3v) is 3.65. The van der Waals surface area contributed by atoms with Crippen molar-refractivity contribution in [3.63, 3.8) is 0 Å². The predicted octanol–water partition coefficient (Wildman–Crippen LogP) is 2.71. The monoisotopic (exact) mass is 304 g/mol. The Morgan fingerprint density at radius 1 is 1.10 bits per heavy atom. The molecule has 0 spiro atoms. The largest absolute Gasteiger partial charge is 0.480 e. The van der Waals surface area contributed by atoms with E-state index in [9.17, 15) is 9.59 Å². The SMILES string of the molecule is CSCC[C@H](NC(=O)N[C@@H](C)CCCC(C)C)C(=O)O. The number of thioether (sulfide) groups is 1. The maximum Gasteiger partial charge on any atom is 0.326 e. The number of rotatable bonds is 10. The molecule has 0 aliphatic heterocycles. The fraction of sp³-hybridized carbons (Fsp3) is 0.857. The highest BCUT2D eigenvalue weighted by molar-refractivity contribution is 7.98. The molecule has 0 saturated heterocycles. The minimum atomic E-state index is -0.985. The van der Waals surface area contributed by atoms with Gasteiger partial charge in [-0.05, 0) is 37.7 Å². The van der Waals surface area contributed by atoms with Gasteiger partial charge in [0, 0.05) is 6.04 Å². The molecule has 2 atom stereocenters. The molecule has 0 rings (SSSR count). The van der Waals surface area contributed by atoms with E-state index >= 15 is 0 Å². The van der Waals surface area contributed by atoms with Gasteiger partial charge in [0.05, 0.1) is 0 Å². The Morgan fingerprint density at radius 3 is 2.25 bits per heavy atom. The number of carbonyl (C=O) groups excluding carboxylic acids is 1. The Bertz CT molecular complexity index is 298. The molecule has 20 heavy (non-hydrogen) atoms. The number of nitrogens with one attached hydrogen (secondary N) is 2. The van der Waals surface area contributed by atoms with Gasteiger partial charge in [0.2, 0.25) is 0 Å². The molecule has 0 radical (unpaired) electrons. The standard InChI is InChI=1S/C14H28N2O3S/c1-10(2)6-5-7-11(3)15-14(19)16-12(13(17)18)8-9-20-4/h10-12H,5-9H2,1-4H3,(H,17,18)(H2,15,16,19)/t11-,12-/m0/s1. The van der Waals surface area contributed by atoms with Gasteiger partial charge in [0.1, 0.15) is 6.04 Å². The van der Waals surface area contributed by atoms with Crippen LogP contribution < -0.4 is 10.6 Å². The second kappa shape index (κ2) is 10.8. The van der Waals surface area contributed by atoms with E-state index in [1.807, 2.05) is 13.2 Å². The summed E-state index contributed by atoms with van der Waals surface area (Å²) < 4.78 is 0. The summed E-state index contributed by atoms with van der Waals surface area (Å²) >= 11 is 1.57. The lowest BCUT2D eigenvalue weighted by Crippen LogP contribution is -2.48. The summed E-state index contributed by atoms with van der Waals surface area (Å²) in [5, 5.41) is 14.3. The highest BCUT2D eigenvalue weighted by atomic mass is 32.2. The van der Waals surface area contributed by atoms with Crippen LogP contribution in [-0.2, 0) is 4.79 Å². The lowest BCUT2D eigenvalue weighted by Gasteiger charge is -2.18. The molecule has 0 aromatic rings. The van der Waals surface area contributed by atoms with Crippen LogP contribution in [0, 0.1) is 5.92 Å². The molecule has 0 fully saturated rings. The maximum atomic E-state index is 11.7. The van der Waals surface area contributed by atoms with Crippen molar-refractivity contribution in [1.29, 1.82) is 0 Å². The normalized spacial score (nSPS) is 13.8. The molecule has 0 unspecified atom stereocenters. The minimum Gasteiger partial charge on any atom is -0.480 e. The van der Waals surface area contributed by atoms with E-state index in [0.29, 0.717) is 18.1 Å². The summed E-state index contributed by atoms with van der Waals surface area (Å²) in [6.07, 6.45) is 5.46. The Morgan fingerprint density at radius 2 is 1.75 bits per heavy atom. The zero-order chi connectivity index (χ0) is 15.5. The number of hydrogen-bond donors (Lipinski definition) is 3. The van der Waals surface area contributed by atoms with Gasteiger partial charge in [-0.2, -0.15) is 11.8 Å². The van der Waals surface area contributed by atoms with Gasteiger partial charge in [-0.3, -0.25) is 0 Å². The molecule has 0 aliphatic carbocycles. The number of carbonyl (C=O) groups is 2. The molecule has 6 heteroatoms. The zero-order valence-corrected chi connectivity index (χ0v) is 13.8. The number of urea groups is 1. The van der Waals surface area contributed by atoms with Crippen LogP contribution >= 0.6 is 11.8 Å². The van der Waals surface area contributed by atoms with Gasteiger partial charge in [0.25, 0.3) is 0 Å². The van der Waals surface area contributed by atoms with Crippen LogP contribution in [0.4, 0.5) is 4.79 Å². The van der Waals surface area contributed by atoms with E-state index in [1.54, 1.807) is 11.8 Å². The first-order chi connectivity index (χ1) is 9.36. The highest BCUT2D eigenvalue weighted by Crippen LogP contribution is 2.08. The van der Waals surface area contributed by atoms with E-state index < -0.39 is 18.0 Å². The third-order valence-electron chi connectivity index (χ3n) is 3.01. The fourth-order valence-corrected chi connectivity index (χ4v) is 2.29. The fourth-order valence-electron chi connectivity index (χ4n) is 1.82. The summed E-state index contributed by atoms with van der Waals surface area (Å²) in [6, 6.07) is -1.15. The predicted molar refractivity (Wildman–Crippen MR) is 84.2 cm³/mol. The van der Waals surface area contributed by atoms with Gasteiger partial charge >= 0.3 is 12.0 Å². The molecule has 0 bridgehead atoms. The number of hydrogen-bond acceptors (Lipinski definition) is 3. The number of carboxylic acids is 1. The Labute approximate surface area is 126 Å². The van der Waals surface area contributed by atoms with Crippen LogP contribution in [-0.4, -0.2) is 41.2 Å². The summed E-state index contributed by atoms with van der Waals surface area (Å²) in [5.74, 6) is 0.391. The molecule has 0 saturated carbocycles.